The first-order valence-electron chi connectivity index (χ1n) is 14.3. The van der Waals surface area contributed by atoms with Gasteiger partial charge in [0.05, 0.1) is 53.2 Å². The van der Waals surface area contributed by atoms with Crippen LogP contribution in [0.4, 0.5) is 5.69 Å². The maximum Gasteiger partial charge on any atom is 0.254 e. The lowest BCUT2D eigenvalue weighted by atomic mass is 9.97. The molecule has 0 unspecified atom stereocenters. The minimum absolute atomic E-state index is 0.0606. The van der Waals surface area contributed by atoms with Crippen molar-refractivity contribution in [3.05, 3.63) is 82.4 Å². The van der Waals surface area contributed by atoms with Gasteiger partial charge in [-0.1, -0.05) is 30.2 Å². The predicted molar refractivity (Wildman–Crippen MR) is 174 cm³/mol. The Bertz CT molecular complexity index is 1920. The number of hydrogen-bond acceptors (Lipinski definition) is 7. The zero-order valence-electron chi connectivity index (χ0n) is 25.2. The van der Waals surface area contributed by atoms with Crippen molar-refractivity contribution in [1.82, 2.24) is 39.3 Å². The van der Waals surface area contributed by atoms with Gasteiger partial charge in [-0.3, -0.25) is 23.8 Å². The van der Waals surface area contributed by atoms with Crippen molar-refractivity contribution in [2.45, 2.75) is 37.3 Å². The Hall–Kier alpha value is -4.29. The molecule has 1 amide bonds. The van der Waals surface area contributed by atoms with Gasteiger partial charge in [-0.25, -0.2) is 19.7 Å². The van der Waals surface area contributed by atoms with Crippen LogP contribution in [0.15, 0.2) is 71.1 Å². The molecule has 4 aromatic heterocycles. The number of aryl methyl sites for hydroxylation is 1. The van der Waals surface area contributed by atoms with E-state index in [4.69, 9.17) is 16.6 Å². The molecule has 2 atom stereocenters. The highest BCUT2D eigenvalue weighted by Gasteiger charge is 2.24. The van der Waals surface area contributed by atoms with E-state index in [2.05, 4.69) is 44.5 Å². The van der Waals surface area contributed by atoms with Crippen molar-refractivity contribution in [2.75, 3.05) is 24.1 Å². The van der Waals surface area contributed by atoms with Crippen molar-refractivity contribution in [3.63, 3.8) is 0 Å². The molecule has 1 N–H and O–H groups in total. The summed E-state index contributed by atoms with van der Waals surface area (Å²) in [5.74, 6) is -0.278. The van der Waals surface area contributed by atoms with Gasteiger partial charge in [-0.05, 0) is 61.9 Å². The minimum atomic E-state index is -1.08. The maximum absolute atomic E-state index is 13.8. The molecule has 2 bridgehead atoms. The Morgan fingerprint density at radius 1 is 1.05 bits per heavy atom. The van der Waals surface area contributed by atoms with Crippen molar-refractivity contribution >= 4 is 33.2 Å². The van der Waals surface area contributed by atoms with Crippen LogP contribution in [-0.2, 0) is 11.8 Å². The number of pyridine rings is 1. The topological polar surface area (TPSA) is 125 Å². The molecule has 0 fully saturated rings. The van der Waals surface area contributed by atoms with Gasteiger partial charge in [-0.15, -0.1) is 5.10 Å². The number of amides is 1. The quantitative estimate of drug-likeness (QED) is 0.284. The summed E-state index contributed by atoms with van der Waals surface area (Å²) < 4.78 is 5.06. The number of carbonyl (C=O) groups is 1. The molecule has 0 saturated heterocycles. The Morgan fingerprint density at radius 3 is 2.61 bits per heavy atom. The number of halogens is 1. The maximum atomic E-state index is 13.8. The molecule has 44 heavy (non-hydrogen) atoms. The summed E-state index contributed by atoms with van der Waals surface area (Å²) in [6.07, 6.45) is 15.3. The number of nitrogens with one attached hydrogen (secondary N) is 1. The molecule has 5 aromatic rings. The first-order chi connectivity index (χ1) is 21.0. The standard InChI is InChI=1S/C31H34ClN9O2S/c1-19-7-6-8-27(24-13-20(11-12-33-24)30-25(36-31(19)43)16-35-39(30)2)40-18-34-23(15-29(40)42)22-14-21(32)9-10-26(22)41-17-28(37-38-41)44(3,4)5/h9-19,27H,6-8H2,1-5H3,(H,36,43)/t19-,27+/m1/s1. The number of aromatic nitrogens is 8. The van der Waals surface area contributed by atoms with Crippen LogP contribution in [0.3, 0.4) is 0 Å². The van der Waals surface area contributed by atoms with E-state index in [9.17, 15) is 9.59 Å². The highest BCUT2D eigenvalue weighted by molar-refractivity contribution is 8.32. The van der Waals surface area contributed by atoms with Crippen molar-refractivity contribution in [1.29, 1.82) is 0 Å². The third-order valence-corrected chi connectivity index (χ3v) is 9.58. The van der Waals surface area contributed by atoms with E-state index in [1.807, 2.05) is 38.4 Å². The second kappa shape index (κ2) is 11.7. The van der Waals surface area contributed by atoms with Gasteiger partial charge >= 0.3 is 0 Å². The van der Waals surface area contributed by atoms with Crippen LogP contribution in [0.25, 0.3) is 28.2 Å². The summed E-state index contributed by atoms with van der Waals surface area (Å²) in [7, 11) is 0.752. The van der Waals surface area contributed by atoms with Crippen molar-refractivity contribution in [2.24, 2.45) is 13.0 Å². The molecule has 0 saturated carbocycles. The largest absolute Gasteiger partial charge is 0.323 e. The molecule has 13 heteroatoms. The fraction of sp³-hybridized carbons (Fsp3) is 0.323. The number of benzene rings is 1. The Labute approximate surface area is 261 Å². The molecule has 0 radical (unpaired) electrons. The van der Waals surface area contributed by atoms with E-state index in [-0.39, 0.29) is 23.4 Å². The van der Waals surface area contributed by atoms with Gasteiger partial charge in [0.25, 0.3) is 5.56 Å². The van der Waals surface area contributed by atoms with E-state index >= 15 is 0 Å². The zero-order chi connectivity index (χ0) is 31.2. The van der Waals surface area contributed by atoms with Gasteiger partial charge in [0, 0.05) is 41.4 Å². The molecular formula is C31H34ClN9O2S. The van der Waals surface area contributed by atoms with Crippen molar-refractivity contribution in [3.8, 4) is 28.2 Å². The lowest BCUT2D eigenvalue weighted by Crippen LogP contribution is -2.27. The van der Waals surface area contributed by atoms with E-state index in [1.54, 1.807) is 44.8 Å². The average molecular weight is 632 g/mol. The number of rotatable bonds is 4. The molecule has 0 spiro atoms. The summed E-state index contributed by atoms with van der Waals surface area (Å²) in [5.41, 5.74) is 4.63. The summed E-state index contributed by atoms with van der Waals surface area (Å²) >= 11 is 6.42. The van der Waals surface area contributed by atoms with Gasteiger partial charge < -0.3 is 5.32 Å². The second-order valence-corrected chi connectivity index (χ2v) is 16.4. The fourth-order valence-corrected chi connectivity index (χ4v) is 6.30. The number of carbonyl (C=O) groups excluding carboxylic acids is 1. The molecule has 1 aliphatic rings. The van der Waals surface area contributed by atoms with Crippen LogP contribution >= 0.6 is 21.6 Å². The first kappa shape index (κ1) is 29.8. The van der Waals surface area contributed by atoms with Crippen LogP contribution < -0.4 is 10.9 Å². The van der Waals surface area contributed by atoms with Crippen molar-refractivity contribution < 1.29 is 4.79 Å². The lowest BCUT2D eigenvalue weighted by molar-refractivity contribution is -0.119. The molecule has 228 valence electrons. The lowest BCUT2D eigenvalue weighted by Gasteiger charge is -2.22. The molecular weight excluding hydrogens is 598 g/mol. The molecule has 6 rings (SSSR count). The summed E-state index contributed by atoms with van der Waals surface area (Å²) in [4.78, 5) is 36.2. The normalized spacial score (nSPS) is 17.7. The van der Waals surface area contributed by atoms with Gasteiger partial charge in [0.2, 0.25) is 5.91 Å². The molecule has 0 aliphatic carbocycles. The zero-order valence-corrected chi connectivity index (χ0v) is 26.8. The highest BCUT2D eigenvalue weighted by atomic mass is 35.5. The SMILES string of the molecule is C[C@@H]1CCC[C@H](n2cnc(-c3cc(Cl)ccc3-n3cc(S(C)(C)C)nn3)cc2=O)c2cc(ccn2)-c2c(cnn2C)NC1=O. The molecule has 1 aromatic carbocycles. The van der Waals surface area contributed by atoms with E-state index in [0.717, 1.165) is 27.7 Å². The number of fused-ring (bicyclic) bond motifs is 4. The van der Waals surface area contributed by atoms with Crippen LogP contribution in [-0.4, -0.2) is 64.0 Å². The van der Waals surface area contributed by atoms with Gasteiger partial charge in [-0.2, -0.15) is 5.10 Å². The molecule has 5 heterocycles. The summed E-state index contributed by atoms with van der Waals surface area (Å²) in [6.45, 7) is 1.91. The summed E-state index contributed by atoms with van der Waals surface area (Å²) in [5, 5.41) is 17.6. The second-order valence-electron chi connectivity index (χ2n) is 11.9. The van der Waals surface area contributed by atoms with Crippen LogP contribution in [0, 0.1) is 5.92 Å². The Balaban J connectivity index is 1.42. The van der Waals surface area contributed by atoms with Crippen LogP contribution in [0.2, 0.25) is 5.02 Å². The van der Waals surface area contributed by atoms with E-state index < -0.39 is 10.0 Å². The fourth-order valence-electron chi connectivity index (χ4n) is 5.43. The van der Waals surface area contributed by atoms with Gasteiger partial charge in [0.1, 0.15) is 5.03 Å². The third kappa shape index (κ3) is 5.79. The summed E-state index contributed by atoms with van der Waals surface area (Å²) in [6, 6.07) is 10.4. The number of nitrogens with zero attached hydrogens (tertiary/aromatic N) is 8. The third-order valence-electron chi connectivity index (χ3n) is 7.91. The number of hydrogen-bond donors (Lipinski definition) is 1. The Morgan fingerprint density at radius 2 is 1.86 bits per heavy atom. The number of anilines is 1. The minimum Gasteiger partial charge on any atom is -0.323 e. The Kier molecular flexibility index (Phi) is 7.89. The average Bonchev–Trinajstić information content (AvgIpc) is 3.62. The molecule has 11 nitrogen and oxygen atoms in total. The van der Waals surface area contributed by atoms with E-state index in [1.165, 1.54) is 6.07 Å². The van der Waals surface area contributed by atoms with Crippen LogP contribution in [0.5, 0.6) is 0 Å². The van der Waals surface area contributed by atoms with E-state index in [0.29, 0.717) is 41.2 Å². The van der Waals surface area contributed by atoms with Gasteiger partial charge in [0.15, 0.2) is 0 Å². The predicted octanol–water partition coefficient (Wildman–Crippen LogP) is 5.34. The monoisotopic (exact) mass is 631 g/mol. The van der Waals surface area contributed by atoms with Crippen LogP contribution in [0.1, 0.15) is 37.9 Å². The first-order valence-corrected chi connectivity index (χ1v) is 17.5. The smallest absolute Gasteiger partial charge is 0.254 e. The highest BCUT2D eigenvalue weighted by Crippen LogP contribution is 2.43. The molecule has 1 aliphatic heterocycles.